The highest BCUT2D eigenvalue weighted by Gasteiger charge is 2.40. The molecule has 1 N–H and O–H groups in total. The van der Waals surface area contributed by atoms with E-state index in [0.717, 1.165) is 51.4 Å². The van der Waals surface area contributed by atoms with Gasteiger partial charge in [0.1, 0.15) is 0 Å². The SMILES string of the molecule is COCCC[C@@]1(CO)CCCN(S(=O)(=O)N2CCCCCC2)C1. The molecule has 0 unspecified atom stereocenters. The van der Waals surface area contributed by atoms with Crippen LogP contribution in [0, 0.1) is 5.41 Å². The third kappa shape index (κ3) is 4.89. The van der Waals surface area contributed by atoms with Crippen molar-refractivity contribution >= 4 is 10.2 Å². The van der Waals surface area contributed by atoms with Gasteiger partial charge in [0.15, 0.2) is 0 Å². The summed E-state index contributed by atoms with van der Waals surface area (Å²) in [6.45, 7) is 2.98. The zero-order chi connectivity index (χ0) is 16.8. The number of piperidine rings is 1. The van der Waals surface area contributed by atoms with Crippen LogP contribution in [0.15, 0.2) is 0 Å². The highest BCUT2D eigenvalue weighted by molar-refractivity contribution is 7.86. The highest BCUT2D eigenvalue weighted by Crippen LogP contribution is 2.36. The zero-order valence-corrected chi connectivity index (χ0v) is 15.2. The van der Waals surface area contributed by atoms with Crippen LogP contribution in [0.1, 0.15) is 51.4 Å². The molecule has 1 atom stereocenters. The summed E-state index contributed by atoms with van der Waals surface area (Å²) in [5.41, 5.74) is -0.310. The summed E-state index contributed by atoms with van der Waals surface area (Å²) in [5, 5.41) is 9.90. The second-order valence-electron chi connectivity index (χ2n) is 7.01. The minimum Gasteiger partial charge on any atom is -0.396 e. The molecule has 2 aliphatic heterocycles. The first kappa shape index (κ1) is 19.1. The van der Waals surface area contributed by atoms with Gasteiger partial charge in [0.2, 0.25) is 0 Å². The summed E-state index contributed by atoms with van der Waals surface area (Å²) in [7, 11) is -1.73. The van der Waals surface area contributed by atoms with Gasteiger partial charge < -0.3 is 9.84 Å². The van der Waals surface area contributed by atoms with Crippen LogP contribution in [0.25, 0.3) is 0 Å². The number of rotatable bonds is 7. The minimum absolute atomic E-state index is 0.0444. The van der Waals surface area contributed by atoms with Crippen LogP contribution in [-0.2, 0) is 14.9 Å². The summed E-state index contributed by atoms with van der Waals surface area (Å²) in [5.74, 6) is 0. The van der Waals surface area contributed by atoms with Crippen LogP contribution in [0.5, 0.6) is 0 Å². The van der Waals surface area contributed by atoms with Crippen LogP contribution in [0.3, 0.4) is 0 Å². The molecule has 7 heteroatoms. The first-order chi connectivity index (χ1) is 11.0. The Hall–Kier alpha value is -0.210. The lowest BCUT2D eigenvalue weighted by molar-refractivity contribution is 0.0452. The zero-order valence-electron chi connectivity index (χ0n) is 14.4. The third-order valence-corrected chi connectivity index (χ3v) is 7.22. The van der Waals surface area contributed by atoms with Crippen LogP contribution >= 0.6 is 0 Å². The van der Waals surface area contributed by atoms with Gasteiger partial charge in [-0.15, -0.1) is 0 Å². The Labute approximate surface area is 141 Å². The predicted octanol–water partition coefficient (Wildman–Crippen LogP) is 1.61. The van der Waals surface area contributed by atoms with Gasteiger partial charge in [-0.05, 0) is 38.5 Å². The van der Waals surface area contributed by atoms with E-state index >= 15 is 0 Å². The fourth-order valence-electron chi connectivity index (χ4n) is 3.80. The number of ether oxygens (including phenoxy) is 1. The summed E-state index contributed by atoms with van der Waals surface area (Å²) in [4.78, 5) is 0. The molecule has 2 rings (SSSR count). The van der Waals surface area contributed by atoms with Crippen molar-refractivity contribution in [2.75, 3.05) is 46.5 Å². The van der Waals surface area contributed by atoms with Crippen molar-refractivity contribution in [3.63, 3.8) is 0 Å². The van der Waals surface area contributed by atoms with E-state index in [1.807, 2.05) is 0 Å². The normalized spacial score (nSPS) is 28.6. The van der Waals surface area contributed by atoms with Crippen molar-refractivity contribution in [1.82, 2.24) is 8.61 Å². The lowest BCUT2D eigenvalue weighted by atomic mass is 9.78. The number of hydrogen-bond donors (Lipinski definition) is 1. The number of aliphatic hydroxyl groups is 1. The Morgan fingerprint density at radius 3 is 2.30 bits per heavy atom. The molecule has 136 valence electrons. The lowest BCUT2D eigenvalue weighted by Gasteiger charge is -2.42. The maximum Gasteiger partial charge on any atom is 0.281 e. The van der Waals surface area contributed by atoms with E-state index in [-0.39, 0.29) is 12.0 Å². The van der Waals surface area contributed by atoms with Gasteiger partial charge >= 0.3 is 0 Å². The number of nitrogens with zero attached hydrogens (tertiary/aromatic N) is 2. The summed E-state index contributed by atoms with van der Waals surface area (Å²) in [6, 6.07) is 0. The largest absolute Gasteiger partial charge is 0.396 e. The van der Waals surface area contributed by atoms with Crippen molar-refractivity contribution in [2.45, 2.75) is 51.4 Å². The summed E-state index contributed by atoms with van der Waals surface area (Å²) >= 11 is 0. The molecule has 0 aromatic heterocycles. The van der Waals surface area contributed by atoms with Crippen molar-refractivity contribution in [1.29, 1.82) is 0 Å². The molecule has 0 radical (unpaired) electrons. The van der Waals surface area contributed by atoms with E-state index in [1.54, 1.807) is 15.7 Å². The standard InChI is InChI=1S/C16H32N2O4S/c1-22-13-7-9-16(15-19)8-6-12-18(14-16)23(20,21)17-10-4-2-3-5-11-17/h19H,2-15H2,1H3/t16-/m0/s1. The van der Waals surface area contributed by atoms with Crippen LogP contribution in [0.4, 0.5) is 0 Å². The Morgan fingerprint density at radius 1 is 1.04 bits per heavy atom. The number of methoxy groups -OCH3 is 1. The summed E-state index contributed by atoms with van der Waals surface area (Å²) < 4.78 is 34.3. The molecule has 2 fully saturated rings. The van der Waals surface area contributed by atoms with E-state index in [2.05, 4.69) is 0 Å². The minimum atomic E-state index is -3.40. The Morgan fingerprint density at radius 2 is 1.70 bits per heavy atom. The molecule has 2 saturated heterocycles. The maximum atomic E-state index is 13.0. The molecule has 0 bridgehead atoms. The van der Waals surface area contributed by atoms with Crippen molar-refractivity contribution < 1.29 is 18.3 Å². The highest BCUT2D eigenvalue weighted by atomic mass is 32.2. The third-order valence-electron chi connectivity index (χ3n) is 5.23. The molecule has 2 aliphatic rings. The van der Waals surface area contributed by atoms with Crippen molar-refractivity contribution in [3.05, 3.63) is 0 Å². The second-order valence-corrected chi connectivity index (χ2v) is 8.94. The Kier molecular flexibility index (Phi) is 7.28. The van der Waals surface area contributed by atoms with Gasteiger partial charge in [0, 0.05) is 51.9 Å². The lowest BCUT2D eigenvalue weighted by Crippen LogP contribution is -2.52. The van der Waals surface area contributed by atoms with Crippen LogP contribution in [0.2, 0.25) is 0 Å². The van der Waals surface area contributed by atoms with Crippen LogP contribution < -0.4 is 0 Å². The molecular formula is C16H32N2O4S. The molecule has 0 saturated carbocycles. The van der Waals surface area contributed by atoms with Gasteiger partial charge in [0.25, 0.3) is 10.2 Å². The topological polar surface area (TPSA) is 70.1 Å². The molecule has 0 aromatic carbocycles. The molecule has 23 heavy (non-hydrogen) atoms. The van der Waals surface area contributed by atoms with Gasteiger partial charge in [-0.25, -0.2) is 0 Å². The molecule has 0 aliphatic carbocycles. The van der Waals surface area contributed by atoms with Crippen LogP contribution in [-0.4, -0.2) is 68.6 Å². The van der Waals surface area contributed by atoms with E-state index in [1.165, 1.54) is 0 Å². The first-order valence-corrected chi connectivity index (χ1v) is 10.3. The smallest absolute Gasteiger partial charge is 0.281 e. The van der Waals surface area contributed by atoms with E-state index < -0.39 is 10.2 Å². The fourth-order valence-corrected chi connectivity index (χ4v) is 5.64. The molecule has 0 amide bonds. The first-order valence-electron chi connectivity index (χ1n) is 8.89. The van der Waals surface area contributed by atoms with E-state index in [0.29, 0.717) is 32.8 Å². The molecule has 0 spiro atoms. The van der Waals surface area contributed by atoms with Gasteiger partial charge in [-0.1, -0.05) is 12.8 Å². The average Bonchev–Trinajstić information content (AvgIpc) is 2.85. The van der Waals surface area contributed by atoms with Crippen molar-refractivity contribution in [2.24, 2.45) is 5.41 Å². The van der Waals surface area contributed by atoms with Gasteiger partial charge in [-0.3, -0.25) is 0 Å². The van der Waals surface area contributed by atoms with E-state index in [9.17, 15) is 13.5 Å². The Balaban J connectivity index is 2.05. The quantitative estimate of drug-likeness (QED) is 0.710. The molecular weight excluding hydrogens is 316 g/mol. The number of hydrogen-bond acceptors (Lipinski definition) is 4. The van der Waals surface area contributed by atoms with Gasteiger partial charge in [0.05, 0.1) is 0 Å². The van der Waals surface area contributed by atoms with E-state index in [4.69, 9.17) is 4.74 Å². The molecule has 0 aromatic rings. The molecule has 2 heterocycles. The predicted molar refractivity (Wildman–Crippen MR) is 90.4 cm³/mol. The Bertz CT molecular complexity index is 449. The van der Waals surface area contributed by atoms with Gasteiger partial charge in [-0.2, -0.15) is 17.0 Å². The maximum absolute atomic E-state index is 13.0. The fraction of sp³-hybridized carbons (Fsp3) is 1.00. The monoisotopic (exact) mass is 348 g/mol. The average molecular weight is 349 g/mol. The molecule has 6 nitrogen and oxygen atoms in total. The second kappa shape index (κ2) is 8.76. The summed E-state index contributed by atoms with van der Waals surface area (Å²) in [6.07, 6.45) is 7.50. The number of aliphatic hydroxyl groups excluding tert-OH is 1. The van der Waals surface area contributed by atoms with Crippen molar-refractivity contribution in [3.8, 4) is 0 Å².